The normalized spacial score (nSPS) is 18.0. The fourth-order valence-electron chi connectivity index (χ4n) is 5.23. The molecule has 0 aliphatic carbocycles. The Morgan fingerprint density at radius 3 is 2.73 bits per heavy atom. The van der Waals surface area contributed by atoms with Gasteiger partial charge in [-0.15, -0.1) is 11.3 Å². The molecule has 1 saturated heterocycles. The topological polar surface area (TPSA) is 86.9 Å². The van der Waals surface area contributed by atoms with E-state index in [1.54, 1.807) is 34.2 Å². The first kappa shape index (κ1) is 28.3. The van der Waals surface area contributed by atoms with E-state index < -0.39 is 18.6 Å². The number of aliphatic hydroxyl groups excluding tert-OH is 1. The molecule has 0 aromatic carbocycles. The van der Waals surface area contributed by atoms with E-state index in [-0.39, 0.29) is 30.6 Å². The van der Waals surface area contributed by atoms with Gasteiger partial charge in [0.05, 0.1) is 34.6 Å². The van der Waals surface area contributed by atoms with Crippen molar-refractivity contribution in [1.29, 1.82) is 0 Å². The second-order valence-electron chi connectivity index (χ2n) is 10.2. The van der Waals surface area contributed by atoms with Crippen LogP contribution in [0.15, 0.2) is 48.1 Å². The third-order valence-corrected chi connectivity index (χ3v) is 8.56. The molecule has 1 unspecified atom stereocenters. The van der Waals surface area contributed by atoms with Crippen molar-refractivity contribution in [3.05, 3.63) is 53.7 Å². The number of anilines is 1. The van der Waals surface area contributed by atoms with Crippen molar-refractivity contribution in [2.24, 2.45) is 0 Å². The summed E-state index contributed by atoms with van der Waals surface area (Å²) in [5, 5.41) is 16.2. The molecule has 4 aromatic rings. The molecule has 212 valence electrons. The summed E-state index contributed by atoms with van der Waals surface area (Å²) in [7, 11) is 0. The Kier molecular flexibility index (Phi) is 8.25. The fraction of sp³-hybridized carbons (Fsp3) is 0.448. The summed E-state index contributed by atoms with van der Waals surface area (Å²) in [5.74, 6) is -3.07. The number of aliphatic hydroxyl groups is 1. The molecule has 5 rings (SSSR count). The molecule has 0 radical (unpaired) electrons. The summed E-state index contributed by atoms with van der Waals surface area (Å²) in [6.45, 7) is 7.65. The van der Waals surface area contributed by atoms with Crippen molar-refractivity contribution >= 4 is 28.6 Å². The van der Waals surface area contributed by atoms with Crippen molar-refractivity contribution in [3.63, 3.8) is 0 Å². The van der Waals surface area contributed by atoms with Crippen LogP contribution in [-0.2, 0) is 0 Å². The summed E-state index contributed by atoms with van der Waals surface area (Å²) in [6, 6.07) is 9.37. The van der Waals surface area contributed by atoms with Crippen LogP contribution in [0.1, 0.15) is 50.4 Å². The highest BCUT2D eigenvalue weighted by Gasteiger charge is 2.44. The zero-order chi connectivity index (χ0) is 28.4. The Hall–Kier alpha value is -3.28. The highest BCUT2D eigenvalue weighted by atomic mass is 32.1. The van der Waals surface area contributed by atoms with E-state index in [2.05, 4.69) is 30.8 Å². The van der Waals surface area contributed by atoms with Crippen molar-refractivity contribution in [1.82, 2.24) is 24.5 Å². The maximum atomic E-state index is 14.5. The summed E-state index contributed by atoms with van der Waals surface area (Å²) in [4.78, 5) is 27.8. The molecule has 0 saturated carbocycles. The largest absolute Gasteiger partial charge is 0.387 e. The van der Waals surface area contributed by atoms with Gasteiger partial charge in [0.25, 0.3) is 5.92 Å². The van der Waals surface area contributed by atoms with Crippen molar-refractivity contribution in [2.45, 2.75) is 58.1 Å². The predicted octanol–water partition coefficient (Wildman–Crippen LogP) is 5.42. The second kappa shape index (κ2) is 11.7. The molecule has 0 amide bonds. The number of piperidine rings is 1. The molecular formula is C29H34F2N6O2S. The van der Waals surface area contributed by atoms with Gasteiger partial charge in [0.1, 0.15) is 11.9 Å². The number of aromatic nitrogens is 4. The first-order valence-electron chi connectivity index (χ1n) is 13.7. The number of hydrogen-bond acceptors (Lipinski definition) is 8. The Bertz CT molecular complexity index is 1470. The molecular weight excluding hydrogens is 534 g/mol. The van der Waals surface area contributed by atoms with Crippen LogP contribution in [0.2, 0.25) is 0 Å². The molecule has 5 heterocycles. The van der Waals surface area contributed by atoms with Crippen LogP contribution < -0.4 is 4.90 Å². The van der Waals surface area contributed by atoms with E-state index in [4.69, 9.17) is 9.97 Å². The summed E-state index contributed by atoms with van der Waals surface area (Å²) < 4.78 is 30.6. The molecule has 0 spiro atoms. The van der Waals surface area contributed by atoms with Gasteiger partial charge in [-0.1, -0.05) is 19.9 Å². The molecule has 1 N–H and O–H groups in total. The van der Waals surface area contributed by atoms with Gasteiger partial charge in [0.2, 0.25) is 0 Å². The third-order valence-electron chi connectivity index (χ3n) is 7.66. The maximum absolute atomic E-state index is 14.5. The summed E-state index contributed by atoms with van der Waals surface area (Å²) in [6.07, 6.45) is 2.67. The van der Waals surface area contributed by atoms with Gasteiger partial charge in [0, 0.05) is 30.8 Å². The van der Waals surface area contributed by atoms with Gasteiger partial charge in [-0.25, -0.2) is 23.3 Å². The quantitative estimate of drug-likeness (QED) is 0.256. The lowest BCUT2D eigenvalue weighted by Gasteiger charge is -2.36. The number of rotatable bonds is 10. The predicted molar refractivity (Wildman–Crippen MR) is 153 cm³/mol. The Labute approximate surface area is 236 Å². The van der Waals surface area contributed by atoms with E-state index >= 15 is 0 Å². The first-order chi connectivity index (χ1) is 19.2. The van der Waals surface area contributed by atoms with Crippen molar-refractivity contribution < 1.29 is 18.7 Å². The minimum Gasteiger partial charge on any atom is -0.387 e. The summed E-state index contributed by atoms with van der Waals surface area (Å²) >= 11 is 1.58. The standard InChI is InChI=1S/C29H34F2N6O2S/c1-4-35(5-2)19(3)8-9-24(38)20-15-23(33-27(16-20)36-12-11-26(39)29(30,31)18-36)21-17-32-37-13-10-22(34-28(21)37)25-7-6-14-40-25/h6-7,10,13-17,19,26,39H,4-5,8-9,11-12,18H2,1-3H3/t19-,26?/m0/s1. The van der Waals surface area contributed by atoms with Gasteiger partial charge in [-0.3, -0.25) is 4.79 Å². The zero-order valence-corrected chi connectivity index (χ0v) is 23.7. The van der Waals surface area contributed by atoms with E-state index in [9.17, 15) is 18.7 Å². The van der Waals surface area contributed by atoms with Crippen LogP contribution in [0.3, 0.4) is 0 Å². The number of Topliss-reactive ketones (excluding diaryl/α,β-unsaturated/α-hetero) is 1. The number of pyridine rings is 1. The minimum atomic E-state index is -3.28. The van der Waals surface area contributed by atoms with Gasteiger partial charge in [0.15, 0.2) is 11.4 Å². The van der Waals surface area contributed by atoms with Gasteiger partial charge in [-0.2, -0.15) is 5.10 Å². The van der Waals surface area contributed by atoms with Gasteiger partial charge >= 0.3 is 0 Å². The number of ketones is 1. The molecule has 8 nitrogen and oxygen atoms in total. The number of thiophene rings is 1. The number of carbonyl (C=O) groups excluding carboxylic acids is 1. The number of carbonyl (C=O) groups is 1. The highest BCUT2D eigenvalue weighted by molar-refractivity contribution is 7.13. The number of alkyl halides is 2. The molecule has 40 heavy (non-hydrogen) atoms. The highest BCUT2D eigenvalue weighted by Crippen LogP contribution is 2.33. The van der Waals surface area contributed by atoms with Crippen LogP contribution in [0.4, 0.5) is 14.6 Å². The van der Waals surface area contributed by atoms with Crippen LogP contribution in [0.25, 0.3) is 27.5 Å². The van der Waals surface area contributed by atoms with E-state index in [1.165, 1.54) is 4.90 Å². The number of halogens is 2. The lowest BCUT2D eigenvalue weighted by Crippen LogP contribution is -2.51. The molecule has 1 aliphatic rings. The fourth-order valence-corrected chi connectivity index (χ4v) is 5.92. The molecule has 2 atom stereocenters. The molecule has 0 bridgehead atoms. The first-order valence-corrected chi connectivity index (χ1v) is 14.6. The van der Waals surface area contributed by atoms with Gasteiger partial charge < -0.3 is 14.9 Å². The molecule has 11 heteroatoms. The van der Waals surface area contributed by atoms with E-state index in [0.717, 1.165) is 23.7 Å². The molecule has 4 aromatic heterocycles. The van der Waals surface area contributed by atoms with Crippen LogP contribution in [0, 0.1) is 0 Å². The Balaban J connectivity index is 1.53. The van der Waals surface area contributed by atoms with Crippen LogP contribution >= 0.6 is 11.3 Å². The number of fused-ring (bicyclic) bond motifs is 1. The average Bonchev–Trinajstić information content (AvgIpc) is 3.64. The lowest BCUT2D eigenvalue weighted by molar-refractivity contribution is -0.113. The molecule has 1 aliphatic heterocycles. The SMILES string of the molecule is CCN(CC)[C@@H](C)CCC(=O)c1cc(-c2cnn3ccc(-c4cccs4)nc23)nc(N2CCC(O)C(F)(F)C2)c1. The lowest BCUT2D eigenvalue weighted by atomic mass is 10.0. The van der Waals surface area contributed by atoms with E-state index in [0.29, 0.717) is 35.3 Å². The summed E-state index contributed by atoms with van der Waals surface area (Å²) in [5.41, 5.74) is 2.80. The van der Waals surface area contributed by atoms with Crippen LogP contribution in [0.5, 0.6) is 0 Å². The number of hydrogen-bond donors (Lipinski definition) is 1. The monoisotopic (exact) mass is 568 g/mol. The Morgan fingerprint density at radius 2 is 2.02 bits per heavy atom. The second-order valence-corrected chi connectivity index (χ2v) is 11.2. The average molecular weight is 569 g/mol. The third kappa shape index (κ3) is 5.77. The van der Waals surface area contributed by atoms with Crippen LogP contribution in [-0.4, -0.2) is 79.6 Å². The number of nitrogens with zero attached hydrogens (tertiary/aromatic N) is 6. The zero-order valence-electron chi connectivity index (χ0n) is 22.9. The minimum absolute atomic E-state index is 0.0728. The maximum Gasteiger partial charge on any atom is 0.290 e. The Morgan fingerprint density at radius 1 is 1.23 bits per heavy atom. The molecule has 1 fully saturated rings. The van der Waals surface area contributed by atoms with E-state index in [1.807, 2.05) is 29.8 Å². The van der Waals surface area contributed by atoms with Crippen molar-refractivity contribution in [2.75, 3.05) is 31.1 Å². The smallest absolute Gasteiger partial charge is 0.290 e. The van der Waals surface area contributed by atoms with Gasteiger partial charge in [-0.05, 0) is 62.5 Å². The van der Waals surface area contributed by atoms with Crippen molar-refractivity contribution in [3.8, 4) is 21.8 Å².